The van der Waals surface area contributed by atoms with Crippen molar-refractivity contribution in [3.8, 4) is 0 Å². The zero-order valence-electron chi connectivity index (χ0n) is 17.6. The van der Waals surface area contributed by atoms with Crippen LogP contribution >= 0.6 is 23.2 Å². The third-order valence-corrected chi connectivity index (χ3v) is 6.93. The van der Waals surface area contributed by atoms with Gasteiger partial charge in [0, 0.05) is 36.9 Å². The van der Waals surface area contributed by atoms with E-state index in [9.17, 15) is 18.0 Å². The number of amides is 1. The fraction of sp³-hybridized carbons (Fsp3) is 0.333. The number of fused-ring (bicyclic) bond motifs is 1. The molecule has 3 aromatic heterocycles. The normalized spacial score (nSPS) is 18.9. The van der Waals surface area contributed by atoms with Crippen LogP contribution in [-0.4, -0.2) is 41.2 Å². The van der Waals surface area contributed by atoms with Crippen LogP contribution < -0.4 is 15.5 Å². The number of halogens is 2. The van der Waals surface area contributed by atoms with E-state index in [2.05, 4.69) is 20.0 Å². The number of rotatable bonds is 5. The molecule has 0 radical (unpaired) electrons. The maximum Gasteiger partial charge on any atom is 0.261 e. The average Bonchev–Trinajstić information content (AvgIpc) is 2.76. The van der Waals surface area contributed by atoms with Crippen LogP contribution in [0, 0.1) is 0 Å². The molecule has 174 valence electrons. The van der Waals surface area contributed by atoms with Crippen LogP contribution in [0.1, 0.15) is 42.1 Å². The lowest BCUT2D eigenvalue weighted by molar-refractivity contribution is 0.102. The monoisotopic (exact) mass is 509 g/mol. The summed E-state index contributed by atoms with van der Waals surface area (Å²) >= 11 is 12.2. The van der Waals surface area contributed by atoms with Gasteiger partial charge in [-0.15, -0.1) is 0 Å². The smallest absolute Gasteiger partial charge is 0.261 e. The predicted molar refractivity (Wildman–Crippen MR) is 127 cm³/mol. The van der Waals surface area contributed by atoms with E-state index in [0.29, 0.717) is 36.7 Å². The van der Waals surface area contributed by atoms with E-state index in [1.54, 1.807) is 18.3 Å². The Kier molecular flexibility index (Phi) is 6.71. The molecule has 4 rings (SSSR count). The van der Waals surface area contributed by atoms with Gasteiger partial charge in [-0.1, -0.05) is 23.2 Å². The van der Waals surface area contributed by atoms with E-state index in [-0.39, 0.29) is 33.4 Å². The largest absolute Gasteiger partial charge is 0.328 e. The van der Waals surface area contributed by atoms with Crippen LogP contribution in [0.3, 0.4) is 0 Å². The van der Waals surface area contributed by atoms with E-state index in [4.69, 9.17) is 23.2 Å². The number of carbonyl (C=O) groups is 1. The van der Waals surface area contributed by atoms with E-state index < -0.39 is 21.4 Å². The number of pyridine rings is 3. The molecule has 9 nitrogen and oxygen atoms in total. The SMILES string of the molecule is CS(=O)(=O)NC1CCC(n2cc(C(=O)Nc3c(Cl)cncc3Cl)c(=O)c3cccnc32)CC1. The number of nitrogens with zero attached hydrogens (tertiary/aromatic N) is 3. The molecule has 12 heteroatoms. The number of hydrogen-bond donors (Lipinski definition) is 2. The zero-order valence-corrected chi connectivity index (χ0v) is 19.9. The Hall–Kier alpha value is -2.53. The van der Waals surface area contributed by atoms with Gasteiger partial charge in [-0.25, -0.2) is 18.1 Å². The van der Waals surface area contributed by atoms with Crippen molar-refractivity contribution in [2.75, 3.05) is 11.6 Å². The molecular formula is C21H21Cl2N5O4S. The second-order valence-corrected chi connectivity index (χ2v) is 10.6. The van der Waals surface area contributed by atoms with E-state index >= 15 is 0 Å². The minimum atomic E-state index is -3.29. The molecule has 3 heterocycles. The molecule has 1 saturated carbocycles. The van der Waals surface area contributed by atoms with Gasteiger partial charge in [-0.05, 0) is 37.8 Å². The summed E-state index contributed by atoms with van der Waals surface area (Å²) in [5, 5.41) is 3.22. The standard InChI is InChI=1S/C21H21Cl2N5O4S/c1-33(31,32)27-12-4-6-13(7-5-12)28-11-15(19(29)14-3-2-8-25-20(14)28)21(30)26-18-16(22)9-24-10-17(18)23/h2-3,8-13,27H,4-7H2,1H3,(H,24,26,30). The zero-order chi connectivity index (χ0) is 23.8. The molecule has 1 aliphatic rings. The highest BCUT2D eigenvalue weighted by atomic mass is 35.5. The van der Waals surface area contributed by atoms with Crippen molar-refractivity contribution in [1.29, 1.82) is 0 Å². The first-order chi connectivity index (χ1) is 15.6. The van der Waals surface area contributed by atoms with Crippen LogP contribution in [0.25, 0.3) is 11.0 Å². The molecule has 33 heavy (non-hydrogen) atoms. The van der Waals surface area contributed by atoms with Crippen molar-refractivity contribution >= 4 is 55.9 Å². The molecule has 0 saturated heterocycles. The highest BCUT2D eigenvalue weighted by molar-refractivity contribution is 7.88. The average molecular weight is 510 g/mol. The fourth-order valence-electron chi connectivity index (χ4n) is 4.11. The Morgan fingerprint density at radius 1 is 1.15 bits per heavy atom. The summed E-state index contributed by atoms with van der Waals surface area (Å²) in [6.07, 6.45) is 9.49. The molecule has 0 aliphatic heterocycles. The lowest BCUT2D eigenvalue weighted by atomic mass is 9.91. The summed E-state index contributed by atoms with van der Waals surface area (Å²) in [4.78, 5) is 34.4. The first kappa shape index (κ1) is 23.6. The van der Waals surface area contributed by atoms with Gasteiger partial charge < -0.3 is 9.88 Å². The third-order valence-electron chi connectivity index (χ3n) is 5.60. The predicted octanol–water partition coefficient (Wildman–Crippen LogP) is 3.38. The van der Waals surface area contributed by atoms with Gasteiger partial charge in [0.05, 0.1) is 27.4 Å². The van der Waals surface area contributed by atoms with Crippen molar-refractivity contribution in [2.24, 2.45) is 0 Å². The van der Waals surface area contributed by atoms with Crippen LogP contribution in [0.5, 0.6) is 0 Å². The highest BCUT2D eigenvalue weighted by Crippen LogP contribution is 2.32. The Morgan fingerprint density at radius 3 is 2.45 bits per heavy atom. The maximum absolute atomic E-state index is 13.1. The molecule has 3 aromatic rings. The topological polar surface area (TPSA) is 123 Å². The fourth-order valence-corrected chi connectivity index (χ4v) is 5.41. The summed E-state index contributed by atoms with van der Waals surface area (Å²) in [5.41, 5.74) is 0.109. The number of aromatic nitrogens is 3. The van der Waals surface area contributed by atoms with E-state index in [0.717, 1.165) is 6.26 Å². The number of sulfonamides is 1. The Morgan fingerprint density at radius 2 is 1.82 bits per heavy atom. The molecule has 0 bridgehead atoms. The molecule has 0 spiro atoms. The van der Waals surface area contributed by atoms with Crippen molar-refractivity contribution < 1.29 is 13.2 Å². The van der Waals surface area contributed by atoms with Gasteiger partial charge in [0.25, 0.3) is 5.91 Å². The van der Waals surface area contributed by atoms with Crippen LogP contribution in [-0.2, 0) is 10.0 Å². The van der Waals surface area contributed by atoms with Gasteiger partial charge in [0.15, 0.2) is 0 Å². The second-order valence-electron chi connectivity index (χ2n) is 7.98. The molecule has 2 N–H and O–H groups in total. The van der Waals surface area contributed by atoms with Gasteiger partial charge in [0.2, 0.25) is 15.5 Å². The van der Waals surface area contributed by atoms with Crippen LogP contribution in [0.4, 0.5) is 5.69 Å². The summed E-state index contributed by atoms with van der Waals surface area (Å²) in [6, 6.07) is 3.06. The Balaban J connectivity index is 1.69. The number of carbonyl (C=O) groups excluding carboxylic acids is 1. The maximum atomic E-state index is 13.1. The third kappa shape index (κ3) is 5.19. The molecule has 1 aliphatic carbocycles. The van der Waals surface area contributed by atoms with Crippen molar-refractivity contribution in [1.82, 2.24) is 19.3 Å². The van der Waals surface area contributed by atoms with Gasteiger partial charge in [-0.2, -0.15) is 0 Å². The van der Waals surface area contributed by atoms with Crippen LogP contribution in [0.2, 0.25) is 10.0 Å². The molecule has 1 amide bonds. The summed E-state index contributed by atoms with van der Waals surface area (Å²) in [6.45, 7) is 0. The quantitative estimate of drug-likeness (QED) is 0.543. The van der Waals surface area contributed by atoms with Crippen molar-refractivity contribution in [3.05, 3.63) is 62.8 Å². The lowest BCUT2D eigenvalue weighted by Crippen LogP contribution is -2.37. The first-order valence-electron chi connectivity index (χ1n) is 10.2. The van der Waals surface area contributed by atoms with Gasteiger partial charge in [0.1, 0.15) is 11.2 Å². The first-order valence-corrected chi connectivity index (χ1v) is 12.9. The molecular weight excluding hydrogens is 489 g/mol. The van der Waals surface area contributed by atoms with Crippen molar-refractivity contribution in [2.45, 2.75) is 37.8 Å². The molecule has 0 atom stereocenters. The lowest BCUT2D eigenvalue weighted by Gasteiger charge is -2.31. The molecule has 0 unspecified atom stereocenters. The van der Waals surface area contributed by atoms with Crippen molar-refractivity contribution in [3.63, 3.8) is 0 Å². The number of anilines is 1. The van der Waals surface area contributed by atoms with E-state index in [1.807, 2.05) is 4.57 Å². The number of nitrogens with one attached hydrogen (secondary N) is 2. The summed E-state index contributed by atoms with van der Waals surface area (Å²) in [7, 11) is -3.29. The summed E-state index contributed by atoms with van der Waals surface area (Å²) < 4.78 is 27.6. The Bertz CT molecular complexity index is 1360. The molecule has 1 fully saturated rings. The minimum Gasteiger partial charge on any atom is -0.328 e. The highest BCUT2D eigenvalue weighted by Gasteiger charge is 2.27. The van der Waals surface area contributed by atoms with Gasteiger partial charge in [-0.3, -0.25) is 14.6 Å². The summed E-state index contributed by atoms with van der Waals surface area (Å²) in [5.74, 6) is -0.651. The second kappa shape index (κ2) is 9.38. The number of hydrogen-bond acceptors (Lipinski definition) is 6. The Labute approximate surface area is 200 Å². The van der Waals surface area contributed by atoms with E-state index in [1.165, 1.54) is 18.6 Å². The molecule has 0 aromatic carbocycles. The van der Waals surface area contributed by atoms with Crippen LogP contribution in [0.15, 0.2) is 41.7 Å². The minimum absolute atomic E-state index is 0.0553. The van der Waals surface area contributed by atoms with Gasteiger partial charge >= 0.3 is 0 Å².